The molecule has 3 amide bonds. The Morgan fingerprint density at radius 1 is 1.62 bits per heavy atom. The van der Waals surface area contributed by atoms with E-state index in [4.69, 9.17) is 5.84 Å². The van der Waals surface area contributed by atoms with Crippen molar-refractivity contribution in [2.24, 2.45) is 5.84 Å². The fraction of sp³-hybridized carbons (Fsp3) is 0.500. The molecule has 13 heavy (non-hydrogen) atoms. The summed E-state index contributed by atoms with van der Waals surface area (Å²) in [6.07, 6.45) is 0.286. The second-order valence-corrected chi connectivity index (χ2v) is 3.46. The summed E-state index contributed by atoms with van der Waals surface area (Å²) in [6, 6.07) is 0. The molecular formula is C6H9N3O3S. The minimum absolute atomic E-state index is 0.286. The molecule has 0 radical (unpaired) electrons. The predicted molar refractivity (Wildman–Crippen MR) is 46.5 cm³/mol. The molecule has 0 aromatic carbocycles. The molecule has 6 nitrogen and oxygen atoms in total. The van der Waals surface area contributed by atoms with Gasteiger partial charge in [-0.3, -0.25) is 24.7 Å². The third-order valence-electron chi connectivity index (χ3n) is 1.53. The van der Waals surface area contributed by atoms with Crippen molar-refractivity contribution in [3.8, 4) is 0 Å². The van der Waals surface area contributed by atoms with Crippen LogP contribution in [0.5, 0.6) is 0 Å². The number of rotatable bonds is 2. The number of hydrazine groups is 1. The normalized spacial score (nSPS) is 17.5. The van der Waals surface area contributed by atoms with Gasteiger partial charge in [-0.25, -0.2) is 5.84 Å². The second kappa shape index (κ2) is 4.24. The van der Waals surface area contributed by atoms with Crippen molar-refractivity contribution >= 4 is 28.8 Å². The van der Waals surface area contributed by atoms with Gasteiger partial charge in [-0.2, -0.15) is 0 Å². The lowest BCUT2D eigenvalue weighted by atomic mass is 10.4. The summed E-state index contributed by atoms with van der Waals surface area (Å²) in [5.74, 6) is 4.43. The molecule has 0 unspecified atom stereocenters. The summed E-state index contributed by atoms with van der Waals surface area (Å²) >= 11 is 1.03. The van der Waals surface area contributed by atoms with E-state index in [9.17, 15) is 14.4 Å². The second-order valence-electron chi connectivity index (χ2n) is 2.41. The molecule has 3 N–H and O–H groups in total. The van der Waals surface area contributed by atoms with E-state index < -0.39 is 5.91 Å². The summed E-state index contributed by atoms with van der Waals surface area (Å²) in [6.45, 7) is -0.291. The van der Waals surface area contributed by atoms with E-state index in [0.29, 0.717) is 5.75 Å². The van der Waals surface area contributed by atoms with Crippen LogP contribution in [0.1, 0.15) is 6.42 Å². The zero-order valence-electron chi connectivity index (χ0n) is 6.78. The van der Waals surface area contributed by atoms with Gasteiger partial charge in [0.05, 0.1) is 0 Å². The topological polar surface area (TPSA) is 92.5 Å². The maximum absolute atomic E-state index is 11.1. The first-order chi connectivity index (χ1) is 6.15. The molecule has 0 aliphatic carbocycles. The van der Waals surface area contributed by atoms with E-state index in [1.807, 2.05) is 5.43 Å². The van der Waals surface area contributed by atoms with Crippen molar-refractivity contribution in [1.29, 1.82) is 0 Å². The first-order valence-corrected chi connectivity index (χ1v) is 4.60. The quantitative estimate of drug-likeness (QED) is 0.343. The minimum Gasteiger partial charge on any atom is -0.293 e. The molecule has 0 saturated carbocycles. The highest BCUT2D eigenvalue weighted by molar-refractivity contribution is 8.13. The number of imide groups is 1. The Balaban J connectivity index is 2.59. The highest BCUT2D eigenvalue weighted by Gasteiger charge is 2.27. The van der Waals surface area contributed by atoms with Crippen LogP contribution in [0.4, 0.5) is 4.79 Å². The predicted octanol–water partition coefficient (Wildman–Crippen LogP) is -0.938. The largest absolute Gasteiger partial charge is 0.293 e. The number of amides is 3. The fourth-order valence-corrected chi connectivity index (χ4v) is 1.66. The highest BCUT2D eigenvalue weighted by Crippen LogP contribution is 2.17. The van der Waals surface area contributed by atoms with Gasteiger partial charge in [0.2, 0.25) is 5.91 Å². The molecule has 72 valence electrons. The van der Waals surface area contributed by atoms with Gasteiger partial charge >= 0.3 is 0 Å². The maximum Gasteiger partial charge on any atom is 0.288 e. The van der Waals surface area contributed by atoms with E-state index >= 15 is 0 Å². The molecule has 0 aromatic rings. The van der Waals surface area contributed by atoms with E-state index in [-0.39, 0.29) is 24.1 Å². The summed E-state index contributed by atoms with van der Waals surface area (Å²) in [4.78, 5) is 33.9. The van der Waals surface area contributed by atoms with Gasteiger partial charge in [-0.05, 0) is 0 Å². The van der Waals surface area contributed by atoms with Crippen LogP contribution < -0.4 is 11.3 Å². The standard InChI is InChI=1S/C6H9N3O3S/c7-8-4(10)3-9-5(11)1-2-13-6(9)12/h1-3,7H2,(H,8,10). The first-order valence-electron chi connectivity index (χ1n) is 3.61. The van der Waals surface area contributed by atoms with E-state index in [2.05, 4.69) is 0 Å². The molecular weight excluding hydrogens is 194 g/mol. The number of nitrogens with one attached hydrogen (secondary N) is 1. The molecule has 0 spiro atoms. The average molecular weight is 203 g/mol. The number of hydrogen-bond acceptors (Lipinski definition) is 5. The zero-order valence-corrected chi connectivity index (χ0v) is 7.60. The van der Waals surface area contributed by atoms with Crippen LogP contribution in [0.2, 0.25) is 0 Å². The van der Waals surface area contributed by atoms with Crippen molar-refractivity contribution in [3.63, 3.8) is 0 Å². The SMILES string of the molecule is NNC(=O)CN1C(=O)CCSC1=O. The lowest BCUT2D eigenvalue weighted by Gasteiger charge is -2.22. The maximum atomic E-state index is 11.1. The van der Waals surface area contributed by atoms with Crippen LogP contribution in [0.3, 0.4) is 0 Å². The molecule has 0 atom stereocenters. The average Bonchev–Trinajstić information content (AvgIpc) is 2.11. The van der Waals surface area contributed by atoms with Crippen LogP contribution in [0.25, 0.3) is 0 Å². The van der Waals surface area contributed by atoms with Crippen molar-refractivity contribution in [2.45, 2.75) is 6.42 Å². The van der Waals surface area contributed by atoms with Crippen molar-refractivity contribution < 1.29 is 14.4 Å². The highest BCUT2D eigenvalue weighted by atomic mass is 32.2. The molecule has 7 heteroatoms. The molecule has 1 rings (SSSR count). The Kier molecular flexibility index (Phi) is 3.26. The third-order valence-corrected chi connectivity index (χ3v) is 2.40. The molecule has 1 heterocycles. The number of carbonyl (C=O) groups excluding carboxylic acids is 3. The van der Waals surface area contributed by atoms with Crippen LogP contribution in [-0.2, 0) is 9.59 Å². The minimum atomic E-state index is -0.552. The van der Waals surface area contributed by atoms with Crippen molar-refractivity contribution in [1.82, 2.24) is 10.3 Å². The van der Waals surface area contributed by atoms with Gasteiger partial charge in [0, 0.05) is 12.2 Å². The van der Waals surface area contributed by atoms with Crippen molar-refractivity contribution in [2.75, 3.05) is 12.3 Å². The Morgan fingerprint density at radius 2 is 2.31 bits per heavy atom. The smallest absolute Gasteiger partial charge is 0.288 e. The van der Waals surface area contributed by atoms with E-state index in [1.54, 1.807) is 0 Å². The molecule has 1 saturated heterocycles. The number of hydrogen-bond donors (Lipinski definition) is 2. The lowest BCUT2D eigenvalue weighted by molar-refractivity contribution is -0.132. The Bertz CT molecular complexity index is 240. The summed E-state index contributed by atoms with van der Waals surface area (Å²) in [7, 11) is 0. The number of nitrogens with zero attached hydrogens (tertiary/aromatic N) is 1. The first kappa shape index (κ1) is 10.0. The monoisotopic (exact) mass is 203 g/mol. The van der Waals surface area contributed by atoms with Crippen LogP contribution >= 0.6 is 11.8 Å². The van der Waals surface area contributed by atoms with Crippen molar-refractivity contribution in [3.05, 3.63) is 0 Å². The van der Waals surface area contributed by atoms with Gasteiger partial charge in [0.25, 0.3) is 11.1 Å². The lowest BCUT2D eigenvalue weighted by Crippen LogP contribution is -2.46. The molecule has 1 fully saturated rings. The Labute approximate surface area is 78.8 Å². The zero-order chi connectivity index (χ0) is 9.84. The summed E-state index contributed by atoms with van der Waals surface area (Å²) < 4.78 is 0. The van der Waals surface area contributed by atoms with Gasteiger partial charge < -0.3 is 0 Å². The summed E-state index contributed by atoms with van der Waals surface area (Å²) in [5, 5.41) is -0.389. The van der Waals surface area contributed by atoms with Gasteiger partial charge in [-0.1, -0.05) is 11.8 Å². The fourth-order valence-electron chi connectivity index (χ4n) is 0.882. The van der Waals surface area contributed by atoms with Crippen LogP contribution in [-0.4, -0.2) is 34.3 Å². The van der Waals surface area contributed by atoms with Gasteiger partial charge in [0.15, 0.2) is 0 Å². The number of thioether (sulfide) groups is 1. The molecule has 0 bridgehead atoms. The number of nitrogens with two attached hydrogens (primary N) is 1. The Hall–Kier alpha value is -1.08. The molecule has 0 aromatic heterocycles. The van der Waals surface area contributed by atoms with Crippen LogP contribution in [0.15, 0.2) is 0 Å². The number of carbonyl (C=O) groups is 3. The molecule has 1 aliphatic rings. The van der Waals surface area contributed by atoms with Gasteiger partial charge in [-0.15, -0.1) is 0 Å². The van der Waals surface area contributed by atoms with Gasteiger partial charge in [0.1, 0.15) is 6.54 Å². The molecule has 1 aliphatic heterocycles. The van der Waals surface area contributed by atoms with Crippen LogP contribution in [0, 0.1) is 0 Å². The van der Waals surface area contributed by atoms with E-state index in [1.165, 1.54) is 0 Å². The van der Waals surface area contributed by atoms with E-state index in [0.717, 1.165) is 16.7 Å². The third kappa shape index (κ3) is 2.43. The summed E-state index contributed by atoms with van der Waals surface area (Å²) in [5.41, 5.74) is 1.86. The Morgan fingerprint density at radius 3 is 2.85 bits per heavy atom.